The minimum Gasteiger partial charge on any atom is -0.250 e. The van der Waals surface area contributed by atoms with Gasteiger partial charge in [0.2, 0.25) is 0 Å². The lowest BCUT2D eigenvalue weighted by Crippen LogP contribution is -2.14. The maximum atomic E-state index is 13.0. The Morgan fingerprint density at radius 1 is 1.31 bits per heavy atom. The molecule has 8 heteroatoms. The molecule has 1 aromatic heterocycles. The lowest BCUT2D eigenvalue weighted by atomic mass is 10.1. The Bertz CT molecular complexity index is 389. The Balaban J connectivity index is 3.41. The third kappa shape index (κ3) is 2.66. The van der Waals surface area contributed by atoms with Gasteiger partial charge < -0.3 is 0 Å². The fourth-order valence-electron chi connectivity index (χ4n) is 1.09. The van der Waals surface area contributed by atoms with Gasteiger partial charge in [0.25, 0.3) is 6.43 Å². The molecule has 0 fully saturated rings. The molecule has 0 aliphatic carbocycles. The molecule has 0 spiro atoms. The lowest BCUT2D eigenvalue weighted by molar-refractivity contribution is -0.140. The second kappa shape index (κ2) is 4.60. The van der Waals surface area contributed by atoms with Crippen LogP contribution in [0, 0.1) is 5.82 Å². The van der Waals surface area contributed by atoms with Crippen molar-refractivity contribution in [3.8, 4) is 0 Å². The molecular formula is C8H4BrF6N. The summed E-state index contributed by atoms with van der Waals surface area (Å²) in [5, 5.41) is -0.459. The van der Waals surface area contributed by atoms with Gasteiger partial charge in [-0.3, -0.25) is 4.98 Å². The van der Waals surface area contributed by atoms with E-state index in [9.17, 15) is 26.3 Å². The summed E-state index contributed by atoms with van der Waals surface area (Å²) in [5.41, 5.74) is -3.42. The zero-order valence-electron chi connectivity index (χ0n) is 7.45. The number of hydrogen-bond donors (Lipinski definition) is 0. The number of aromatic nitrogens is 1. The fraction of sp³-hybridized carbons (Fsp3) is 0.375. The number of hydrogen-bond acceptors (Lipinski definition) is 1. The standard InChI is InChI=1S/C8H4BrF6N/c9-2-5-6(8(13,14)15)3(10)1-4(16-5)7(11)12/h1,7H,2H2. The van der Waals surface area contributed by atoms with Gasteiger partial charge in [-0.1, -0.05) is 15.9 Å². The van der Waals surface area contributed by atoms with Gasteiger partial charge in [0.1, 0.15) is 17.1 Å². The van der Waals surface area contributed by atoms with Crippen LogP contribution in [0.2, 0.25) is 0 Å². The van der Waals surface area contributed by atoms with Crippen LogP contribution in [0.3, 0.4) is 0 Å². The second-order valence-corrected chi connectivity index (χ2v) is 3.34. The van der Waals surface area contributed by atoms with E-state index in [-0.39, 0.29) is 6.07 Å². The van der Waals surface area contributed by atoms with Crippen LogP contribution in [0.1, 0.15) is 23.4 Å². The third-order valence-corrected chi connectivity index (χ3v) is 2.23. The lowest BCUT2D eigenvalue weighted by Gasteiger charge is -2.12. The SMILES string of the molecule is Fc1cc(C(F)F)nc(CBr)c1C(F)(F)F. The highest BCUT2D eigenvalue weighted by Crippen LogP contribution is 2.35. The highest BCUT2D eigenvalue weighted by Gasteiger charge is 2.38. The van der Waals surface area contributed by atoms with Crippen molar-refractivity contribution in [2.45, 2.75) is 17.9 Å². The van der Waals surface area contributed by atoms with E-state index < -0.39 is 40.7 Å². The van der Waals surface area contributed by atoms with Crippen molar-refractivity contribution >= 4 is 15.9 Å². The van der Waals surface area contributed by atoms with E-state index in [0.717, 1.165) is 0 Å². The molecule has 0 radical (unpaired) electrons. The summed E-state index contributed by atoms with van der Waals surface area (Å²) in [7, 11) is 0. The highest BCUT2D eigenvalue weighted by atomic mass is 79.9. The Kier molecular flexibility index (Phi) is 3.82. The quantitative estimate of drug-likeness (QED) is 0.593. The topological polar surface area (TPSA) is 12.9 Å². The van der Waals surface area contributed by atoms with Crippen LogP contribution in [0.5, 0.6) is 0 Å². The average Bonchev–Trinajstić information content (AvgIpc) is 2.14. The monoisotopic (exact) mass is 307 g/mol. The smallest absolute Gasteiger partial charge is 0.250 e. The van der Waals surface area contributed by atoms with Crippen molar-refractivity contribution in [2.24, 2.45) is 0 Å². The van der Waals surface area contributed by atoms with Gasteiger partial charge >= 0.3 is 6.18 Å². The normalized spacial score (nSPS) is 12.2. The summed E-state index contributed by atoms with van der Waals surface area (Å²) >= 11 is 2.64. The van der Waals surface area contributed by atoms with Gasteiger partial charge in [0.15, 0.2) is 0 Å². The predicted octanol–water partition coefficient (Wildman–Crippen LogP) is 4.07. The molecule has 1 rings (SSSR count). The summed E-state index contributed by atoms with van der Waals surface area (Å²) in [6.07, 6.45) is -8.07. The molecule has 0 unspecified atom stereocenters. The summed E-state index contributed by atoms with van der Waals surface area (Å²) in [4.78, 5) is 3.06. The third-order valence-electron chi connectivity index (χ3n) is 1.70. The van der Waals surface area contributed by atoms with E-state index in [1.807, 2.05) is 0 Å². The van der Waals surface area contributed by atoms with Gasteiger partial charge in [-0.2, -0.15) is 13.2 Å². The molecule has 90 valence electrons. The Hall–Kier alpha value is -0.790. The summed E-state index contributed by atoms with van der Waals surface area (Å²) in [6.45, 7) is 0. The molecular weight excluding hydrogens is 304 g/mol. The predicted molar refractivity (Wildman–Crippen MR) is 46.8 cm³/mol. The van der Waals surface area contributed by atoms with Crippen LogP contribution in [-0.2, 0) is 11.5 Å². The van der Waals surface area contributed by atoms with Gasteiger partial charge in [0.05, 0.1) is 5.69 Å². The second-order valence-electron chi connectivity index (χ2n) is 2.78. The maximum Gasteiger partial charge on any atom is 0.421 e. The minimum atomic E-state index is -4.96. The van der Waals surface area contributed by atoms with Gasteiger partial charge in [-0.25, -0.2) is 13.2 Å². The van der Waals surface area contributed by atoms with E-state index in [1.165, 1.54) is 0 Å². The number of pyridine rings is 1. The largest absolute Gasteiger partial charge is 0.421 e. The highest BCUT2D eigenvalue weighted by molar-refractivity contribution is 9.08. The Morgan fingerprint density at radius 2 is 1.88 bits per heavy atom. The summed E-state index contributed by atoms with van der Waals surface area (Å²) in [6, 6.07) is 0.0969. The van der Waals surface area contributed by atoms with Crippen LogP contribution in [-0.4, -0.2) is 4.98 Å². The first-order valence-electron chi connectivity index (χ1n) is 3.88. The van der Waals surface area contributed by atoms with Crippen LogP contribution in [0.25, 0.3) is 0 Å². The van der Waals surface area contributed by atoms with Crippen LogP contribution in [0.15, 0.2) is 6.07 Å². The first kappa shape index (κ1) is 13.3. The summed E-state index contributed by atoms with van der Waals surface area (Å²) < 4.78 is 74.4. The van der Waals surface area contributed by atoms with Crippen LogP contribution >= 0.6 is 15.9 Å². The molecule has 16 heavy (non-hydrogen) atoms. The van der Waals surface area contributed by atoms with Crippen LogP contribution in [0.4, 0.5) is 26.3 Å². The van der Waals surface area contributed by atoms with Crippen molar-refractivity contribution < 1.29 is 26.3 Å². The van der Waals surface area contributed by atoms with E-state index in [4.69, 9.17) is 0 Å². The number of alkyl halides is 6. The molecule has 1 heterocycles. The molecule has 0 saturated heterocycles. The average molecular weight is 308 g/mol. The molecule has 0 bridgehead atoms. The zero-order chi connectivity index (χ0) is 12.5. The van der Waals surface area contributed by atoms with Crippen molar-refractivity contribution in [2.75, 3.05) is 0 Å². The van der Waals surface area contributed by atoms with Gasteiger partial charge in [-0.15, -0.1) is 0 Å². The van der Waals surface area contributed by atoms with Crippen molar-refractivity contribution in [3.05, 3.63) is 28.8 Å². The Morgan fingerprint density at radius 3 is 2.25 bits per heavy atom. The van der Waals surface area contributed by atoms with Crippen LogP contribution < -0.4 is 0 Å². The fourth-order valence-corrected chi connectivity index (χ4v) is 1.50. The van der Waals surface area contributed by atoms with Crippen molar-refractivity contribution in [3.63, 3.8) is 0 Å². The molecule has 1 nitrogen and oxygen atoms in total. The molecule has 0 aliphatic rings. The van der Waals surface area contributed by atoms with E-state index in [0.29, 0.717) is 0 Å². The Labute approximate surface area is 94.6 Å². The molecule has 0 N–H and O–H groups in total. The molecule has 0 aromatic carbocycles. The first-order chi connectivity index (χ1) is 7.27. The zero-order valence-corrected chi connectivity index (χ0v) is 9.04. The number of halogens is 7. The number of rotatable bonds is 2. The molecule has 0 atom stereocenters. The van der Waals surface area contributed by atoms with E-state index in [2.05, 4.69) is 20.9 Å². The van der Waals surface area contributed by atoms with Crippen molar-refractivity contribution in [1.29, 1.82) is 0 Å². The maximum absolute atomic E-state index is 13.0. The molecule has 1 aromatic rings. The molecule has 0 amide bonds. The van der Waals surface area contributed by atoms with Gasteiger partial charge in [-0.05, 0) is 0 Å². The van der Waals surface area contributed by atoms with Crippen molar-refractivity contribution in [1.82, 2.24) is 4.98 Å². The number of nitrogens with zero attached hydrogens (tertiary/aromatic N) is 1. The van der Waals surface area contributed by atoms with E-state index in [1.54, 1.807) is 0 Å². The molecule has 0 saturated carbocycles. The van der Waals surface area contributed by atoms with E-state index >= 15 is 0 Å². The first-order valence-corrected chi connectivity index (χ1v) is 5.00. The molecule has 0 aliphatic heterocycles. The summed E-state index contributed by atoms with van der Waals surface area (Å²) in [5.74, 6) is -1.74. The minimum absolute atomic E-state index is 0.0969. The van der Waals surface area contributed by atoms with Gasteiger partial charge in [0, 0.05) is 11.4 Å².